The Morgan fingerprint density at radius 3 is 1.79 bits per heavy atom. The second-order valence-corrected chi connectivity index (χ2v) is 2.23. The molecule has 100 valence electrons. The van der Waals surface area contributed by atoms with Gasteiger partial charge in [0.1, 0.15) is 11.5 Å². The number of hydrogen-bond donors (Lipinski definition) is 0. The van der Waals surface area contributed by atoms with E-state index in [2.05, 4.69) is 20.0 Å². The number of ether oxygens (including phenoxy) is 2. The van der Waals surface area contributed by atoms with Crippen LogP contribution in [0.25, 0.3) is 0 Å². The molecule has 19 heavy (non-hydrogen) atoms. The number of carbonyl (C=O) groups excluding carboxylic acids is 1. The van der Waals surface area contributed by atoms with Crippen LogP contribution >= 0.6 is 0 Å². The van der Waals surface area contributed by atoms with Gasteiger partial charge in [-0.15, -0.1) is 0 Å². The molecule has 1 aromatic rings. The SMILES string of the molecule is COc1ccc(C=O)c(OC)c1.[C-]#[O+].[C-]#[O+].[C-]#[O+].[Cr]. The summed E-state index contributed by atoms with van der Waals surface area (Å²) in [7, 11) is 3.08. The molecule has 0 bridgehead atoms. The van der Waals surface area contributed by atoms with Gasteiger partial charge in [-0.05, 0) is 12.1 Å². The average Bonchev–Trinajstić information content (AvgIpc) is 2.52. The van der Waals surface area contributed by atoms with Gasteiger partial charge in [0.25, 0.3) is 0 Å². The van der Waals surface area contributed by atoms with E-state index in [-0.39, 0.29) is 17.4 Å². The van der Waals surface area contributed by atoms with Gasteiger partial charge in [0.15, 0.2) is 6.29 Å². The molecule has 0 aliphatic carbocycles. The van der Waals surface area contributed by atoms with Crippen LogP contribution in [0, 0.1) is 20.0 Å². The van der Waals surface area contributed by atoms with Gasteiger partial charge in [0.2, 0.25) is 0 Å². The normalized spacial score (nSPS) is 6.11. The number of benzene rings is 1. The molecule has 0 amide bonds. The van der Waals surface area contributed by atoms with Crippen LogP contribution in [0.5, 0.6) is 11.5 Å². The molecule has 0 N–H and O–H groups in total. The van der Waals surface area contributed by atoms with Gasteiger partial charge in [0.05, 0.1) is 19.8 Å². The third-order valence-electron chi connectivity index (χ3n) is 1.57. The van der Waals surface area contributed by atoms with E-state index in [1.54, 1.807) is 25.3 Å². The van der Waals surface area contributed by atoms with Crippen molar-refractivity contribution in [3.05, 3.63) is 43.7 Å². The van der Waals surface area contributed by atoms with Crippen LogP contribution in [-0.2, 0) is 31.3 Å². The molecule has 1 rings (SSSR count). The summed E-state index contributed by atoms with van der Waals surface area (Å²) in [6.07, 6.45) is 0.748. The van der Waals surface area contributed by atoms with Crippen LogP contribution in [0.15, 0.2) is 18.2 Å². The topological polar surface area (TPSA) is 95.2 Å². The minimum atomic E-state index is 0. The summed E-state index contributed by atoms with van der Waals surface area (Å²) >= 11 is 0. The van der Waals surface area contributed by atoms with Crippen molar-refractivity contribution in [3.63, 3.8) is 0 Å². The van der Waals surface area contributed by atoms with E-state index < -0.39 is 0 Å². The van der Waals surface area contributed by atoms with Crippen LogP contribution in [0.2, 0.25) is 0 Å². The van der Waals surface area contributed by atoms with Crippen molar-refractivity contribution < 1.29 is 45.6 Å². The van der Waals surface area contributed by atoms with Gasteiger partial charge in [-0.1, -0.05) is 0 Å². The minimum absolute atomic E-state index is 0. The first-order chi connectivity index (χ1) is 8.81. The van der Waals surface area contributed by atoms with Gasteiger partial charge in [-0.2, -0.15) is 0 Å². The van der Waals surface area contributed by atoms with Crippen LogP contribution in [0.4, 0.5) is 0 Å². The fourth-order valence-corrected chi connectivity index (χ4v) is 0.916. The summed E-state index contributed by atoms with van der Waals surface area (Å²) in [5.41, 5.74) is 0.526. The largest absolute Gasteiger partial charge is 0 e. The van der Waals surface area contributed by atoms with Gasteiger partial charge in [-0.25, -0.2) is 0 Å². The van der Waals surface area contributed by atoms with Gasteiger partial charge in [0, 0.05) is 23.4 Å². The predicted molar refractivity (Wildman–Crippen MR) is 56.7 cm³/mol. The number of hydrogen-bond acceptors (Lipinski definition) is 3. The van der Waals surface area contributed by atoms with Crippen molar-refractivity contribution in [2.45, 2.75) is 0 Å². The Morgan fingerprint density at radius 2 is 1.47 bits per heavy atom. The summed E-state index contributed by atoms with van der Waals surface area (Å²) in [5.74, 6) is 1.21. The molecule has 0 aliphatic rings. The first-order valence-corrected chi connectivity index (χ1v) is 4.10. The molecular weight excluding hydrogens is 292 g/mol. The molecule has 0 saturated carbocycles. The van der Waals surface area contributed by atoms with Gasteiger partial charge in [-0.3, -0.25) is 4.79 Å². The van der Waals surface area contributed by atoms with E-state index in [0.717, 1.165) is 6.29 Å². The molecule has 0 atom stereocenters. The third kappa shape index (κ3) is 11.1. The zero-order valence-electron chi connectivity index (χ0n) is 10.2. The maximum Gasteiger partial charge on any atom is 0 e. The standard InChI is InChI=1S/C9H10O3.3CO.Cr/c1-11-8-4-3-7(6-10)9(5-8)12-2;3*1-2;/h3-6H,1-2H3;;;;. The van der Waals surface area contributed by atoms with E-state index >= 15 is 0 Å². The molecule has 0 fully saturated rings. The zero-order valence-corrected chi connectivity index (χ0v) is 11.4. The molecule has 0 heterocycles. The second kappa shape index (κ2) is 21.5. The molecule has 6 nitrogen and oxygen atoms in total. The number of rotatable bonds is 3. The zero-order chi connectivity index (χ0) is 15.0. The van der Waals surface area contributed by atoms with Gasteiger partial charge < -0.3 is 9.47 Å². The Bertz CT molecular complexity index is 383. The minimum Gasteiger partial charge on any atom is 0 e. The van der Waals surface area contributed by atoms with Gasteiger partial charge >= 0.3 is 33.9 Å². The summed E-state index contributed by atoms with van der Waals surface area (Å²) in [4.78, 5) is 10.5. The second-order valence-electron chi connectivity index (χ2n) is 2.23. The third-order valence-corrected chi connectivity index (χ3v) is 1.57. The number of carbonyl (C=O) groups is 1. The van der Waals surface area contributed by atoms with Crippen molar-refractivity contribution in [3.8, 4) is 11.5 Å². The maximum absolute atomic E-state index is 10.5. The fraction of sp³-hybridized carbons (Fsp3) is 0.167. The average molecular weight is 302 g/mol. The Morgan fingerprint density at radius 1 is 1.00 bits per heavy atom. The van der Waals surface area contributed by atoms with Crippen LogP contribution in [0.1, 0.15) is 10.4 Å². The summed E-state index contributed by atoms with van der Waals surface area (Å²) < 4.78 is 32.4. The van der Waals surface area contributed by atoms with Crippen molar-refractivity contribution >= 4 is 6.29 Å². The molecular formula is C12H10CrO6. The number of methoxy groups -OCH3 is 2. The summed E-state index contributed by atoms with van der Waals surface area (Å²) in [6.45, 7) is 13.5. The van der Waals surface area contributed by atoms with E-state index in [1.165, 1.54) is 7.11 Å². The van der Waals surface area contributed by atoms with Crippen LogP contribution in [-0.4, -0.2) is 20.5 Å². The summed E-state index contributed by atoms with van der Waals surface area (Å²) in [6, 6.07) is 5.04. The summed E-state index contributed by atoms with van der Waals surface area (Å²) in [5, 5.41) is 0. The van der Waals surface area contributed by atoms with Crippen LogP contribution < -0.4 is 9.47 Å². The van der Waals surface area contributed by atoms with Crippen molar-refractivity contribution in [1.82, 2.24) is 0 Å². The van der Waals surface area contributed by atoms with E-state index in [9.17, 15) is 4.79 Å². The fourth-order valence-electron chi connectivity index (χ4n) is 0.916. The van der Waals surface area contributed by atoms with Crippen molar-refractivity contribution in [1.29, 1.82) is 0 Å². The molecule has 7 heteroatoms. The van der Waals surface area contributed by atoms with E-state index in [4.69, 9.17) is 23.4 Å². The van der Waals surface area contributed by atoms with Crippen molar-refractivity contribution in [2.75, 3.05) is 14.2 Å². The smallest absolute Gasteiger partial charge is 0 e. The predicted octanol–water partition coefficient (Wildman–Crippen LogP) is 1.40. The molecule has 0 aliphatic heterocycles. The molecule has 1 aromatic carbocycles. The Balaban J connectivity index is -0.000000142. The molecule has 0 unspecified atom stereocenters. The molecule has 0 radical (unpaired) electrons. The van der Waals surface area contributed by atoms with Crippen molar-refractivity contribution in [2.24, 2.45) is 0 Å². The molecule has 0 spiro atoms. The maximum atomic E-state index is 10.5. The van der Waals surface area contributed by atoms with Crippen LogP contribution in [0.3, 0.4) is 0 Å². The van der Waals surface area contributed by atoms with E-state index in [0.29, 0.717) is 17.1 Å². The molecule has 0 saturated heterocycles. The Kier molecular flexibility index (Phi) is 29.4. The quantitative estimate of drug-likeness (QED) is 0.479. The Hall–Kier alpha value is -1.76. The Labute approximate surface area is 122 Å². The van der Waals surface area contributed by atoms with E-state index in [1.807, 2.05) is 0 Å². The molecule has 0 aromatic heterocycles. The number of aldehydes is 1. The monoisotopic (exact) mass is 302 g/mol. The first kappa shape index (κ1) is 25.9. The first-order valence-electron chi connectivity index (χ1n) is 4.10.